The Bertz CT molecular complexity index is 408. The summed E-state index contributed by atoms with van der Waals surface area (Å²) in [6, 6.07) is -0.0418. The highest BCUT2D eigenvalue weighted by Crippen LogP contribution is 2.07. The van der Waals surface area contributed by atoms with Crippen LogP contribution >= 0.6 is 0 Å². The van der Waals surface area contributed by atoms with Crippen molar-refractivity contribution < 1.29 is 19.1 Å². The van der Waals surface area contributed by atoms with Gasteiger partial charge in [0.15, 0.2) is 0 Å². The van der Waals surface area contributed by atoms with E-state index < -0.39 is 17.3 Å². The van der Waals surface area contributed by atoms with Gasteiger partial charge in [-0.3, -0.25) is 0 Å². The predicted octanol–water partition coefficient (Wildman–Crippen LogP) is 3.44. The molecular formula is C17H29NO4. The minimum Gasteiger partial charge on any atom is -0.457 e. The van der Waals surface area contributed by atoms with E-state index in [4.69, 9.17) is 15.9 Å². The Hall–Kier alpha value is -1.96. The third-order valence-corrected chi connectivity index (χ3v) is 1.76. The summed E-state index contributed by atoms with van der Waals surface area (Å²) in [6.07, 6.45) is 6.34. The number of rotatable bonds is 3. The summed E-state index contributed by atoms with van der Waals surface area (Å²) in [7, 11) is 0. The molecule has 22 heavy (non-hydrogen) atoms. The molecule has 0 heterocycles. The molecule has 5 heteroatoms. The Morgan fingerprint density at radius 2 is 1.64 bits per heavy atom. The van der Waals surface area contributed by atoms with Gasteiger partial charge in [0.1, 0.15) is 11.2 Å². The predicted molar refractivity (Wildman–Crippen MR) is 88.3 cm³/mol. The number of hydrogen-bond donors (Lipinski definition) is 1. The van der Waals surface area contributed by atoms with Crippen LogP contribution in [-0.2, 0) is 14.3 Å². The van der Waals surface area contributed by atoms with Crippen LogP contribution in [0.2, 0.25) is 0 Å². The summed E-state index contributed by atoms with van der Waals surface area (Å²) >= 11 is 0. The van der Waals surface area contributed by atoms with Gasteiger partial charge in [-0.15, -0.1) is 12.3 Å². The lowest BCUT2D eigenvalue weighted by Gasteiger charge is -2.21. The van der Waals surface area contributed by atoms with E-state index in [0.29, 0.717) is 6.42 Å². The summed E-state index contributed by atoms with van der Waals surface area (Å²) in [5.74, 6) is 2.09. The summed E-state index contributed by atoms with van der Waals surface area (Å²) in [6.45, 7) is 16.0. The van der Waals surface area contributed by atoms with Gasteiger partial charge < -0.3 is 14.8 Å². The second-order valence-electron chi connectivity index (χ2n) is 6.69. The lowest BCUT2D eigenvalue weighted by molar-refractivity contribution is -0.148. The molecule has 0 aromatic rings. The Balaban J connectivity index is 0. The number of terminal acetylenes is 1. The molecule has 0 aromatic heterocycles. The highest BCUT2D eigenvalue weighted by molar-refractivity contribution is 5.81. The lowest BCUT2D eigenvalue weighted by atomic mass is 10.2. The fourth-order valence-corrected chi connectivity index (χ4v) is 1.08. The zero-order valence-electron chi connectivity index (χ0n) is 14.8. The zero-order chi connectivity index (χ0) is 18.0. The molecule has 1 amide bonds. The average Bonchev–Trinajstić information content (AvgIpc) is 2.24. The van der Waals surface area contributed by atoms with Gasteiger partial charge in [0.05, 0.1) is 0 Å². The SMILES string of the molecule is C#CCC(C)NC(=O)OC(C)(C)C.C=CC(=O)OC(C)(C)C. The maximum atomic E-state index is 11.1. The second kappa shape index (κ2) is 9.88. The molecule has 0 radical (unpaired) electrons. The molecule has 0 aliphatic carbocycles. The minimum absolute atomic E-state index is 0.0418. The van der Waals surface area contributed by atoms with E-state index >= 15 is 0 Å². The number of nitrogens with one attached hydrogen (secondary N) is 1. The first-order valence-electron chi connectivity index (χ1n) is 7.09. The fourth-order valence-electron chi connectivity index (χ4n) is 1.08. The smallest absolute Gasteiger partial charge is 0.407 e. The number of carbonyl (C=O) groups excluding carboxylic acids is 2. The number of amides is 1. The Kier molecular flexibility index (Phi) is 10.0. The van der Waals surface area contributed by atoms with Crippen molar-refractivity contribution >= 4 is 12.1 Å². The van der Waals surface area contributed by atoms with Crippen molar-refractivity contribution in [1.29, 1.82) is 0 Å². The summed E-state index contributed by atoms with van der Waals surface area (Å²) < 4.78 is 9.87. The highest BCUT2D eigenvalue weighted by atomic mass is 16.6. The molecular weight excluding hydrogens is 282 g/mol. The van der Waals surface area contributed by atoms with Crippen molar-refractivity contribution in [3.63, 3.8) is 0 Å². The second-order valence-corrected chi connectivity index (χ2v) is 6.69. The number of hydrogen-bond acceptors (Lipinski definition) is 4. The Morgan fingerprint density at radius 3 is 1.91 bits per heavy atom. The van der Waals surface area contributed by atoms with E-state index in [1.807, 2.05) is 48.5 Å². The molecule has 1 unspecified atom stereocenters. The normalized spacial score (nSPS) is 11.9. The molecule has 0 saturated heterocycles. The van der Waals surface area contributed by atoms with Crippen LogP contribution in [0, 0.1) is 12.3 Å². The van der Waals surface area contributed by atoms with Crippen LogP contribution in [0.4, 0.5) is 4.79 Å². The maximum absolute atomic E-state index is 11.1. The summed E-state index contributed by atoms with van der Waals surface area (Å²) in [5, 5.41) is 2.63. The van der Waals surface area contributed by atoms with E-state index in [1.54, 1.807) is 0 Å². The first kappa shape index (κ1) is 22.3. The quantitative estimate of drug-likeness (QED) is 0.492. The zero-order valence-corrected chi connectivity index (χ0v) is 14.8. The third kappa shape index (κ3) is 18.0. The van der Waals surface area contributed by atoms with Gasteiger partial charge in [0.25, 0.3) is 0 Å². The van der Waals surface area contributed by atoms with Crippen molar-refractivity contribution in [2.75, 3.05) is 0 Å². The van der Waals surface area contributed by atoms with Crippen LogP contribution in [0.1, 0.15) is 54.9 Å². The molecule has 1 atom stereocenters. The lowest BCUT2D eigenvalue weighted by Crippen LogP contribution is -2.37. The van der Waals surface area contributed by atoms with Gasteiger partial charge >= 0.3 is 12.1 Å². The van der Waals surface area contributed by atoms with E-state index in [-0.39, 0.29) is 12.0 Å². The van der Waals surface area contributed by atoms with Crippen LogP contribution < -0.4 is 5.32 Å². The molecule has 0 spiro atoms. The van der Waals surface area contributed by atoms with E-state index in [0.717, 1.165) is 6.08 Å². The van der Waals surface area contributed by atoms with Gasteiger partial charge in [-0.05, 0) is 48.5 Å². The first-order valence-corrected chi connectivity index (χ1v) is 7.09. The summed E-state index contributed by atoms with van der Waals surface area (Å²) in [5.41, 5.74) is -0.856. The molecule has 0 fully saturated rings. The number of ether oxygens (including phenoxy) is 2. The van der Waals surface area contributed by atoms with Crippen LogP contribution in [0.25, 0.3) is 0 Å². The molecule has 0 aliphatic rings. The average molecular weight is 311 g/mol. The Labute approximate surface area is 134 Å². The van der Waals surface area contributed by atoms with Crippen molar-refractivity contribution in [3.05, 3.63) is 12.7 Å². The van der Waals surface area contributed by atoms with Crippen molar-refractivity contribution in [2.24, 2.45) is 0 Å². The third-order valence-electron chi connectivity index (χ3n) is 1.76. The van der Waals surface area contributed by atoms with Gasteiger partial charge in [-0.1, -0.05) is 6.58 Å². The fraction of sp³-hybridized carbons (Fsp3) is 0.647. The molecule has 1 N–H and O–H groups in total. The van der Waals surface area contributed by atoms with Crippen molar-refractivity contribution in [1.82, 2.24) is 5.32 Å². The number of carbonyl (C=O) groups is 2. The molecule has 0 rings (SSSR count). The van der Waals surface area contributed by atoms with Gasteiger partial charge in [0.2, 0.25) is 0 Å². The summed E-state index contributed by atoms with van der Waals surface area (Å²) in [4.78, 5) is 21.6. The van der Waals surface area contributed by atoms with Crippen LogP contribution in [-0.4, -0.2) is 29.3 Å². The molecule has 5 nitrogen and oxygen atoms in total. The van der Waals surface area contributed by atoms with Gasteiger partial charge in [-0.2, -0.15) is 0 Å². The van der Waals surface area contributed by atoms with E-state index in [9.17, 15) is 9.59 Å². The Morgan fingerprint density at radius 1 is 1.18 bits per heavy atom. The van der Waals surface area contributed by atoms with Crippen LogP contribution in [0.3, 0.4) is 0 Å². The van der Waals surface area contributed by atoms with Crippen molar-refractivity contribution in [3.8, 4) is 12.3 Å². The molecule has 0 aromatic carbocycles. The monoisotopic (exact) mass is 311 g/mol. The number of esters is 1. The van der Waals surface area contributed by atoms with Crippen molar-refractivity contribution in [2.45, 2.75) is 72.1 Å². The molecule has 0 aliphatic heterocycles. The van der Waals surface area contributed by atoms with E-state index in [2.05, 4.69) is 17.8 Å². The van der Waals surface area contributed by atoms with Gasteiger partial charge in [-0.25, -0.2) is 9.59 Å². The number of alkyl carbamates (subject to hydrolysis) is 1. The van der Waals surface area contributed by atoms with Gasteiger partial charge in [0, 0.05) is 18.5 Å². The molecule has 126 valence electrons. The first-order chi connectivity index (χ1) is 9.80. The highest BCUT2D eigenvalue weighted by Gasteiger charge is 2.17. The minimum atomic E-state index is -0.458. The topological polar surface area (TPSA) is 64.6 Å². The van der Waals surface area contributed by atoms with Crippen LogP contribution in [0.5, 0.6) is 0 Å². The maximum Gasteiger partial charge on any atom is 0.407 e. The van der Waals surface area contributed by atoms with E-state index in [1.165, 1.54) is 0 Å². The molecule has 0 saturated carbocycles. The standard InChI is InChI=1S/C10H17NO2.C7H12O2/c1-6-7-8(2)11-9(12)13-10(3,4)5;1-5-6(8)9-7(2,3)4/h1,8H,7H2,2-5H3,(H,11,12);5H,1H2,2-4H3. The molecule has 0 bridgehead atoms. The largest absolute Gasteiger partial charge is 0.457 e. The van der Waals surface area contributed by atoms with Crippen LogP contribution in [0.15, 0.2) is 12.7 Å².